The van der Waals surface area contributed by atoms with Gasteiger partial charge in [0, 0.05) is 0 Å². The van der Waals surface area contributed by atoms with Gasteiger partial charge in [-0.1, -0.05) is 52.4 Å². The molecule has 1 heteroatoms. The van der Waals surface area contributed by atoms with E-state index < -0.39 is 0 Å². The molecule has 1 saturated carbocycles. The average Bonchev–Trinajstić information content (AvgIpc) is 2.47. The Labute approximate surface area is 95.3 Å². The van der Waals surface area contributed by atoms with E-state index in [1.165, 1.54) is 38.5 Å². The monoisotopic (exact) mass is 212 g/mol. The summed E-state index contributed by atoms with van der Waals surface area (Å²) in [5, 5.41) is 10.1. The molecule has 0 aliphatic heterocycles. The summed E-state index contributed by atoms with van der Waals surface area (Å²) in [7, 11) is 0. The first-order chi connectivity index (χ1) is 7.09. The fourth-order valence-electron chi connectivity index (χ4n) is 3.15. The molecule has 1 aliphatic rings. The lowest BCUT2D eigenvalue weighted by molar-refractivity contribution is 0.0603. The SMILES string of the molecule is CCCC[C@H]1CC(C)(O)C[C@@H]1CCCC. The molecule has 0 amide bonds. The van der Waals surface area contributed by atoms with E-state index in [1.54, 1.807) is 0 Å². The zero-order valence-corrected chi connectivity index (χ0v) is 10.8. The summed E-state index contributed by atoms with van der Waals surface area (Å²) >= 11 is 0. The first kappa shape index (κ1) is 13.0. The highest BCUT2D eigenvalue weighted by Crippen LogP contribution is 2.43. The predicted octanol–water partition coefficient (Wildman–Crippen LogP) is 4.14. The van der Waals surface area contributed by atoms with Crippen molar-refractivity contribution in [3.63, 3.8) is 0 Å². The second kappa shape index (κ2) is 5.89. The highest BCUT2D eigenvalue weighted by atomic mass is 16.3. The Morgan fingerprint density at radius 1 is 1.00 bits per heavy atom. The van der Waals surface area contributed by atoms with Crippen molar-refractivity contribution in [2.24, 2.45) is 11.8 Å². The first-order valence-corrected chi connectivity index (χ1v) is 6.81. The quantitative estimate of drug-likeness (QED) is 0.701. The van der Waals surface area contributed by atoms with Gasteiger partial charge in [-0.05, 0) is 31.6 Å². The summed E-state index contributed by atoms with van der Waals surface area (Å²) in [6, 6.07) is 0. The van der Waals surface area contributed by atoms with Crippen LogP contribution in [0.4, 0.5) is 0 Å². The second-order valence-electron chi connectivity index (χ2n) is 5.71. The van der Waals surface area contributed by atoms with Gasteiger partial charge in [-0.3, -0.25) is 0 Å². The molecule has 1 aliphatic carbocycles. The minimum atomic E-state index is -0.364. The van der Waals surface area contributed by atoms with E-state index in [2.05, 4.69) is 13.8 Å². The zero-order valence-electron chi connectivity index (χ0n) is 10.8. The molecule has 0 unspecified atom stereocenters. The highest BCUT2D eigenvalue weighted by Gasteiger charge is 2.39. The number of aliphatic hydroxyl groups is 1. The number of hydrogen-bond donors (Lipinski definition) is 1. The molecule has 0 saturated heterocycles. The van der Waals surface area contributed by atoms with Crippen LogP contribution in [0, 0.1) is 11.8 Å². The Hall–Kier alpha value is -0.0400. The minimum absolute atomic E-state index is 0.364. The Kier molecular flexibility index (Phi) is 5.11. The van der Waals surface area contributed by atoms with Crippen LogP contribution < -0.4 is 0 Å². The van der Waals surface area contributed by atoms with Crippen molar-refractivity contribution in [1.29, 1.82) is 0 Å². The van der Waals surface area contributed by atoms with Crippen molar-refractivity contribution in [2.75, 3.05) is 0 Å². The van der Waals surface area contributed by atoms with Crippen LogP contribution in [0.25, 0.3) is 0 Å². The maximum atomic E-state index is 10.1. The third-order valence-corrected chi connectivity index (χ3v) is 3.93. The highest BCUT2D eigenvalue weighted by molar-refractivity contribution is 4.91. The predicted molar refractivity (Wildman–Crippen MR) is 65.9 cm³/mol. The Morgan fingerprint density at radius 3 is 1.73 bits per heavy atom. The summed E-state index contributed by atoms with van der Waals surface area (Å²) in [5.74, 6) is 1.60. The summed E-state index contributed by atoms with van der Waals surface area (Å²) in [4.78, 5) is 0. The van der Waals surface area contributed by atoms with E-state index in [0.29, 0.717) is 0 Å². The number of unbranched alkanes of at least 4 members (excludes halogenated alkanes) is 2. The van der Waals surface area contributed by atoms with Crippen LogP contribution >= 0.6 is 0 Å². The van der Waals surface area contributed by atoms with Gasteiger partial charge < -0.3 is 5.11 Å². The van der Waals surface area contributed by atoms with Crippen LogP contribution in [0.3, 0.4) is 0 Å². The van der Waals surface area contributed by atoms with Gasteiger partial charge >= 0.3 is 0 Å². The van der Waals surface area contributed by atoms with E-state index >= 15 is 0 Å². The first-order valence-electron chi connectivity index (χ1n) is 6.81. The van der Waals surface area contributed by atoms with Crippen LogP contribution in [0.15, 0.2) is 0 Å². The molecule has 0 radical (unpaired) electrons. The molecule has 1 fully saturated rings. The Balaban J connectivity index is 2.42. The van der Waals surface area contributed by atoms with Crippen molar-refractivity contribution in [2.45, 2.75) is 77.7 Å². The maximum absolute atomic E-state index is 10.1. The minimum Gasteiger partial charge on any atom is -0.390 e. The molecule has 90 valence electrons. The number of hydrogen-bond acceptors (Lipinski definition) is 1. The molecular formula is C14H28O. The van der Waals surface area contributed by atoms with E-state index in [1.807, 2.05) is 6.92 Å². The molecule has 15 heavy (non-hydrogen) atoms. The number of rotatable bonds is 6. The molecule has 0 spiro atoms. The van der Waals surface area contributed by atoms with Gasteiger partial charge in [0.15, 0.2) is 0 Å². The average molecular weight is 212 g/mol. The van der Waals surface area contributed by atoms with Crippen molar-refractivity contribution in [3.8, 4) is 0 Å². The third kappa shape index (κ3) is 4.14. The van der Waals surface area contributed by atoms with E-state index in [4.69, 9.17) is 0 Å². The van der Waals surface area contributed by atoms with Crippen molar-refractivity contribution in [3.05, 3.63) is 0 Å². The van der Waals surface area contributed by atoms with Gasteiger partial charge in [0.1, 0.15) is 0 Å². The zero-order chi connectivity index (χ0) is 11.3. The molecular weight excluding hydrogens is 184 g/mol. The van der Waals surface area contributed by atoms with Gasteiger partial charge in [-0.25, -0.2) is 0 Å². The summed E-state index contributed by atoms with van der Waals surface area (Å²) in [6.45, 7) is 6.54. The lowest BCUT2D eigenvalue weighted by Crippen LogP contribution is -2.19. The molecule has 0 aromatic carbocycles. The smallest absolute Gasteiger partial charge is 0.0625 e. The van der Waals surface area contributed by atoms with Crippen LogP contribution in [0.2, 0.25) is 0 Å². The molecule has 1 nitrogen and oxygen atoms in total. The normalized spacial score (nSPS) is 29.6. The van der Waals surface area contributed by atoms with Gasteiger partial charge in [0.25, 0.3) is 0 Å². The molecule has 0 heterocycles. The topological polar surface area (TPSA) is 20.2 Å². The van der Waals surface area contributed by atoms with Crippen LogP contribution in [-0.4, -0.2) is 10.7 Å². The molecule has 0 bridgehead atoms. The Bertz CT molecular complexity index is 156. The van der Waals surface area contributed by atoms with Crippen molar-refractivity contribution in [1.82, 2.24) is 0 Å². The third-order valence-electron chi connectivity index (χ3n) is 3.93. The molecule has 1 N–H and O–H groups in total. The lowest BCUT2D eigenvalue weighted by Gasteiger charge is -2.18. The summed E-state index contributed by atoms with van der Waals surface area (Å²) < 4.78 is 0. The van der Waals surface area contributed by atoms with Crippen LogP contribution in [0.1, 0.15) is 72.1 Å². The van der Waals surface area contributed by atoms with E-state index in [9.17, 15) is 5.11 Å². The second-order valence-corrected chi connectivity index (χ2v) is 5.71. The lowest BCUT2D eigenvalue weighted by atomic mass is 9.87. The van der Waals surface area contributed by atoms with Gasteiger partial charge in [0.2, 0.25) is 0 Å². The van der Waals surface area contributed by atoms with Gasteiger partial charge in [-0.15, -0.1) is 0 Å². The van der Waals surface area contributed by atoms with Crippen LogP contribution in [0.5, 0.6) is 0 Å². The molecule has 0 aromatic heterocycles. The molecule has 2 atom stereocenters. The Morgan fingerprint density at radius 2 is 1.40 bits per heavy atom. The van der Waals surface area contributed by atoms with Gasteiger partial charge in [0.05, 0.1) is 5.60 Å². The van der Waals surface area contributed by atoms with E-state index in [-0.39, 0.29) is 5.60 Å². The fourth-order valence-corrected chi connectivity index (χ4v) is 3.15. The van der Waals surface area contributed by atoms with Crippen molar-refractivity contribution < 1.29 is 5.11 Å². The van der Waals surface area contributed by atoms with Crippen molar-refractivity contribution >= 4 is 0 Å². The summed E-state index contributed by atoms with van der Waals surface area (Å²) in [6.07, 6.45) is 10.0. The van der Waals surface area contributed by atoms with Crippen LogP contribution in [-0.2, 0) is 0 Å². The fraction of sp³-hybridized carbons (Fsp3) is 1.00. The molecule has 1 rings (SSSR count). The molecule has 0 aromatic rings. The van der Waals surface area contributed by atoms with E-state index in [0.717, 1.165) is 24.7 Å². The standard InChI is InChI=1S/C14H28O/c1-4-6-8-12-10-14(3,15)11-13(12)9-7-5-2/h12-13,15H,4-11H2,1-3H3/t12-,13-/m0/s1. The largest absolute Gasteiger partial charge is 0.390 e. The van der Waals surface area contributed by atoms with Gasteiger partial charge in [-0.2, -0.15) is 0 Å². The maximum Gasteiger partial charge on any atom is 0.0625 e. The summed E-state index contributed by atoms with van der Waals surface area (Å²) in [5.41, 5.74) is -0.364.